The molecule has 1 saturated heterocycles. The SMILES string of the molecule is c1ccc(C(c2ccccc2)N2CCN(CCCCOCc3cccnc3)CC2)cc1. The molecule has 1 aromatic heterocycles. The van der Waals surface area contributed by atoms with Gasteiger partial charge in [0, 0.05) is 45.2 Å². The summed E-state index contributed by atoms with van der Waals surface area (Å²) in [7, 11) is 0. The molecule has 0 saturated carbocycles. The van der Waals surface area contributed by atoms with Gasteiger partial charge >= 0.3 is 0 Å². The largest absolute Gasteiger partial charge is 0.377 e. The maximum Gasteiger partial charge on any atom is 0.0731 e. The number of benzene rings is 2. The highest BCUT2D eigenvalue weighted by Gasteiger charge is 2.25. The molecule has 1 aliphatic heterocycles. The van der Waals surface area contributed by atoms with Crippen molar-refractivity contribution in [3.63, 3.8) is 0 Å². The molecule has 1 fully saturated rings. The van der Waals surface area contributed by atoms with Gasteiger partial charge in [-0.15, -0.1) is 0 Å². The smallest absolute Gasteiger partial charge is 0.0731 e. The predicted molar refractivity (Wildman–Crippen MR) is 126 cm³/mol. The van der Waals surface area contributed by atoms with Crippen LogP contribution in [0.5, 0.6) is 0 Å². The minimum atomic E-state index is 0.338. The number of aromatic nitrogens is 1. The van der Waals surface area contributed by atoms with Crippen molar-refractivity contribution in [2.24, 2.45) is 0 Å². The van der Waals surface area contributed by atoms with E-state index in [4.69, 9.17) is 4.74 Å². The maximum atomic E-state index is 5.79. The van der Waals surface area contributed by atoms with E-state index in [1.54, 1.807) is 6.20 Å². The first-order chi connectivity index (χ1) is 15.4. The number of rotatable bonds is 10. The summed E-state index contributed by atoms with van der Waals surface area (Å²) in [5, 5.41) is 0. The zero-order valence-electron chi connectivity index (χ0n) is 18.3. The fraction of sp³-hybridized carbons (Fsp3) is 0.370. The summed E-state index contributed by atoms with van der Waals surface area (Å²) < 4.78 is 5.79. The average molecular weight is 416 g/mol. The molecule has 162 valence electrons. The second-order valence-electron chi connectivity index (χ2n) is 8.22. The lowest BCUT2D eigenvalue weighted by atomic mass is 9.96. The number of nitrogens with zero attached hydrogens (tertiary/aromatic N) is 3. The summed E-state index contributed by atoms with van der Waals surface area (Å²) in [5.41, 5.74) is 3.91. The molecule has 0 unspecified atom stereocenters. The van der Waals surface area contributed by atoms with E-state index in [0.717, 1.165) is 51.3 Å². The van der Waals surface area contributed by atoms with Gasteiger partial charge in [-0.1, -0.05) is 66.7 Å². The lowest BCUT2D eigenvalue weighted by Crippen LogP contribution is -2.48. The van der Waals surface area contributed by atoms with Crippen molar-refractivity contribution in [2.45, 2.75) is 25.5 Å². The van der Waals surface area contributed by atoms with Gasteiger partial charge in [0.2, 0.25) is 0 Å². The quantitative estimate of drug-likeness (QED) is 0.445. The summed E-state index contributed by atoms with van der Waals surface area (Å²) in [6.07, 6.45) is 5.97. The molecule has 2 heterocycles. The van der Waals surface area contributed by atoms with E-state index in [1.807, 2.05) is 12.3 Å². The van der Waals surface area contributed by atoms with Crippen LogP contribution in [-0.2, 0) is 11.3 Å². The molecule has 4 rings (SSSR count). The van der Waals surface area contributed by atoms with Gasteiger partial charge in [0.05, 0.1) is 12.6 Å². The van der Waals surface area contributed by atoms with Gasteiger partial charge in [-0.2, -0.15) is 0 Å². The standard InChI is InChI=1S/C27H33N3O/c1-3-11-25(12-4-1)27(26-13-5-2-6-14-26)30-19-17-29(18-20-30)16-7-8-21-31-23-24-10-9-15-28-22-24/h1-6,9-15,22,27H,7-8,16-21,23H2. The average Bonchev–Trinajstić information content (AvgIpc) is 2.84. The highest BCUT2D eigenvalue weighted by molar-refractivity contribution is 5.31. The van der Waals surface area contributed by atoms with Crippen LogP contribution < -0.4 is 0 Å². The first-order valence-corrected chi connectivity index (χ1v) is 11.4. The number of unbranched alkanes of at least 4 members (excludes halogenated alkanes) is 1. The van der Waals surface area contributed by atoms with Crippen LogP contribution in [0.4, 0.5) is 0 Å². The molecule has 4 nitrogen and oxygen atoms in total. The van der Waals surface area contributed by atoms with Crippen LogP contribution in [-0.4, -0.2) is 54.1 Å². The van der Waals surface area contributed by atoms with Crippen molar-refractivity contribution >= 4 is 0 Å². The van der Waals surface area contributed by atoms with Gasteiger partial charge in [0.1, 0.15) is 0 Å². The van der Waals surface area contributed by atoms with E-state index < -0.39 is 0 Å². The fourth-order valence-electron chi connectivity index (χ4n) is 4.34. The van der Waals surface area contributed by atoms with Crippen molar-refractivity contribution in [3.8, 4) is 0 Å². The van der Waals surface area contributed by atoms with Crippen molar-refractivity contribution in [2.75, 3.05) is 39.3 Å². The third kappa shape index (κ3) is 6.47. The summed E-state index contributed by atoms with van der Waals surface area (Å²) in [6, 6.07) is 26.2. The topological polar surface area (TPSA) is 28.6 Å². The summed E-state index contributed by atoms with van der Waals surface area (Å²) in [4.78, 5) is 9.37. The maximum absolute atomic E-state index is 5.79. The molecule has 0 radical (unpaired) electrons. The second kappa shape index (κ2) is 11.8. The van der Waals surface area contributed by atoms with Crippen LogP contribution in [0.15, 0.2) is 85.2 Å². The molecular formula is C27H33N3O. The lowest BCUT2D eigenvalue weighted by Gasteiger charge is -2.39. The van der Waals surface area contributed by atoms with E-state index in [1.165, 1.54) is 17.5 Å². The third-order valence-electron chi connectivity index (χ3n) is 6.01. The van der Waals surface area contributed by atoms with E-state index in [9.17, 15) is 0 Å². The molecule has 1 aliphatic rings. The molecule has 0 amide bonds. The molecule has 0 N–H and O–H groups in total. The van der Waals surface area contributed by atoms with Crippen molar-refractivity contribution < 1.29 is 4.74 Å². The van der Waals surface area contributed by atoms with Crippen molar-refractivity contribution in [1.82, 2.24) is 14.8 Å². The zero-order valence-corrected chi connectivity index (χ0v) is 18.3. The Morgan fingerprint density at radius 2 is 1.45 bits per heavy atom. The molecule has 31 heavy (non-hydrogen) atoms. The summed E-state index contributed by atoms with van der Waals surface area (Å²) >= 11 is 0. The summed E-state index contributed by atoms with van der Waals surface area (Å²) in [6.45, 7) is 7.11. The van der Waals surface area contributed by atoms with Gasteiger partial charge in [0.25, 0.3) is 0 Å². The van der Waals surface area contributed by atoms with Crippen molar-refractivity contribution in [3.05, 3.63) is 102 Å². The van der Waals surface area contributed by atoms with Gasteiger partial charge in [-0.05, 0) is 42.1 Å². The number of piperazine rings is 1. The van der Waals surface area contributed by atoms with E-state index in [-0.39, 0.29) is 0 Å². The monoisotopic (exact) mass is 415 g/mol. The molecule has 4 heteroatoms. The van der Waals surface area contributed by atoms with Crippen LogP contribution in [0.2, 0.25) is 0 Å². The minimum Gasteiger partial charge on any atom is -0.377 e. The Hall–Kier alpha value is -2.53. The highest BCUT2D eigenvalue weighted by atomic mass is 16.5. The highest BCUT2D eigenvalue weighted by Crippen LogP contribution is 2.29. The van der Waals surface area contributed by atoms with Gasteiger partial charge < -0.3 is 9.64 Å². The van der Waals surface area contributed by atoms with Crippen molar-refractivity contribution in [1.29, 1.82) is 0 Å². The lowest BCUT2D eigenvalue weighted by molar-refractivity contribution is 0.0957. The molecule has 3 aromatic rings. The van der Waals surface area contributed by atoms with Gasteiger partial charge in [-0.25, -0.2) is 0 Å². The number of ether oxygens (including phenoxy) is 1. The number of hydrogen-bond donors (Lipinski definition) is 0. The molecule has 0 spiro atoms. The Labute approximate surface area is 186 Å². The van der Waals surface area contributed by atoms with Crippen LogP contribution >= 0.6 is 0 Å². The van der Waals surface area contributed by atoms with Crippen LogP contribution in [0.1, 0.15) is 35.6 Å². The van der Waals surface area contributed by atoms with Crippen LogP contribution in [0, 0.1) is 0 Å². The van der Waals surface area contributed by atoms with Crippen LogP contribution in [0.25, 0.3) is 0 Å². The Bertz CT molecular complexity index is 825. The zero-order chi connectivity index (χ0) is 21.1. The van der Waals surface area contributed by atoms with Gasteiger partial charge in [-0.3, -0.25) is 9.88 Å². The molecule has 0 bridgehead atoms. The summed E-state index contributed by atoms with van der Waals surface area (Å²) in [5.74, 6) is 0. The molecular weight excluding hydrogens is 382 g/mol. The molecule has 0 atom stereocenters. The van der Waals surface area contributed by atoms with E-state index in [2.05, 4.69) is 81.5 Å². The Balaban J connectivity index is 1.21. The molecule has 0 aliphatic carbocycles. The predicted octanol–water partition coefficient (Wildman–Crippen LogP) is 4.79. The van der Waals surface area contributed by atoms with Crippen LogP contribution in [0.3, 0.4) is 0 Å². The first kappa shape index (κ1) is 21.7. The number of pyridine rings is 1. The van der Waals surface area contributed by atoms with E-state index >= 15 is 0 Å². The Morgan fingerprint density at radius 1 is 0.774 bits per heavy atom. The fourth-order valence-corrected chi connectivity index (χ4v) is 4.34. The van der Waals surface area contributed by atoms with E-state index in [0.29, 0.717) is 12.6 Å². The second-order valence-corrected chi connectivity index (χ2v) is 8.22. The Morgan fingerprint density at radius 3 is 2.06 bits per heavy atom. The van der Waals surface area contributed by atoms with Gasteiger partial charge in [0.15, 0.2) is 0 Å². The molecule has 2 aromatic carbocycles. The first-order valence-electron chi connectivity index (χ1n) is 11.4. The normalized spacial score (nSPS) is 15.4. The number of hydrogen-bond acceptors (Lipinski definition) is 4. The minimum absolute atomic E-state index is 0.338. The third-order valence-corrected chi connectivity index (χ3v) is 6.01. The Kier molecular flexibility index (Phi) is 8.22.